The normalized spacial score (nSPS) is 11.5. The molecular weight excluding hydrogens is 302 g/mol. The summed E-state index contributed by atoms with van der Waals surface area (Å²) >= 11 is 5.87. The van der Waals surface area contributed by atoms with Gasteiger partial charge in [-0.1, -0.05) is 35.9 Å². The fraction of sp³-hybridized carbons (Fsp3) is 0.235. The van der Waals surface area contributed by atoms with Crippen LogP contribution in [0.2, 0.25) is 5.02 Å². The van der Waals surface area contributed by atoms with E-state index in [-0.39, 0.29) is 5.91 Å². The van der Waals surface area contributed by atoms with E-state index in [1.807, 2.05) is 30.3 Å². The number of rotatable bonds is 7. The fourth-order valence-electron chi connectivity index (χ4n) is 1.80. The minimum atomic E-state index is -0.602. The van der Waals surface area contributed by atoms with Gasteiger partial charge in [0.1, 0.15) is 18.1 Å². The fourth-order valence-corrected chi connectivity index (χ4v) is 1.98. The molecule has 22 heavy (non-hydrogen) atoms. The van der Waals surface area contributed by atoms with Crippen molar-refractivity contribution in [3.8, 4) is 11.5 Å². The number of nitrogens with one attached hydrogen (secondary N) is 1. The number of carbonyl (C=O) groups is 1. The van der Waals surface area contributed by atoms with Crippen molar-refractivity contribution in [1.82, 2.24) is 5.32 Å². The smallest absolute Gasteiger partial charge is 0.260 e. The first-order chi connectivity index (χ1) is 10.6. The first-order valence-electron chi connectivity index (χ1n) is 7.03. The summed E-state index contributed by atoms with van der Waals surface area (Å²) in [5.41, 5.74) is 0. The molecule has 116 valence electrons. The highest BCUT2D eigenvalue weighted by atomic mass is 35.5. The van der Waals surface area contributed by atoms with Gasteiger partial charge in [-0.05, 0) is 37.3 Å². The molecule has 0 radical (unpaired) electrons. The van der Waals surface area contributed by atoms with Crippen LogP contribution in [0.3, 0.4) is 0 Å². The summed E-state index contributed by atoms with van der Waals surface area (Å²) in [4.78, 5) is 11.9. The van der Waals surface area contributed by atoms with E-state index < -0.39 is 6.10 Å². The van der Waals surface area contributed by atoms with E-state index in [2.05, 4.69) is 5.32 Å². The lowest BCUT2D eigenvalue weighted by atomic mass is 10.3. The second-order valence-corrected chi connectivity index (χ2v) is 5.11. The van der Waals surface area contributed by atoms with Crippen molar-refractivity contribution in [2.75, 3.05) is 13.2 Å². The maximum absolute atomic E-state index is 11.9. The second kappa shape index (κ2) is 8.29. The maximum Gasteiger partial charge on any atom is 0.260 e. The summed E-state index contributed by atoms with van der Waals surface area (Å²) in [6.07, 6.45) is -0.602. The molecule has 4 nitrogen and oxygen atoms in total. The van der Waals surface area contributed by atoms with Crippen molar-refractivity contribution < 1.29 is 14.3 Å². The summed E-state index contributed by atoms with van der Waals surface area (Å²) in [5, 5.41) is 3.34. The molecule has 5 heteroatoms. The Morgan fingerprint density at radius 3 is 2.59 bits per heavy atom. The van der Waals surface area contributed by atoms with Crippen molar-refractivity contribution in [3.63, 3.8) is 0 Å². The van der Waals surface area contributed by atoms with Crippen LogP contribution in [-0.4, -0.2) is 25.2 Å². The van der Waals surface area contributed by atoms with Crippen molar-refractivity contribution in [1.29, 1.82) is 0 Å². The Hall–Kier alpha value is -2.20. The number of para-hydroxylation sites is 1. The van der Waals surface area contributed by atoms with Crippen molar-refractivity contribution >= 4 is 17.5 Å². The van der Waals surface area contributed by atoms with E-state index in [9.17, 15) is 4.79 Å². The molecule has 0 aliphatic rings. The molecule has 1 atom stereocenters. The number of halogens is 1. The SMILES string of the molecule is C[C@@H](Oc1cccc(Cl)c1)C(=O)NCCOc1ccccc1. The zero-order chi connectivity index (χ0) is 15.8. The third kappa shape index (κ3) is 5.30. The molecule has 0 saturated carbocycles. The standard InChI is InChI=1S/C17H18ClNO3/c1-13(22-16-9-5-6-14(18)12-16)17(20)19-10-11-21-15-7-3-2-4-8-15/h2-9,12-13H,10-11H2,1H3,(H,19,20)/t13-/m1/s1. The lowest BCUT2D eigenvalue weighted by molar-refractivity contribution is -0.127. The van der Waals surface area contributed by atoms with Crippen molar-refractivity contribution in [2.24, 2.45) is 0 Å². The molecule has 1 amide bonds. The minimum Gasteiger partial charge on any atom is -0.492 e. The molecule has 0 fully saturated rings. The van der Waals surface area contributed by atoms with Gasteiger partial charge in [0.25, 0.3) is 5.91 Å². The monoisotopic (exact) mass is 319 g/mol. The Labute approximate surface area is 135 Å². The molecule has 2 aromatic carbocycles. The number of ether oxygens (including phenoxy) is 2. The van der Waals surface area contributed by atoms with Gasteiger partial charge in [0.2, 0.25) is 0 Å². The van der Waals surface area contributed by atoms with E-state index in [4.69, 9.17) is 21.1 Å². The molecule has 0 unspecified atom stereocenters. The molecule has 0 aliphatic carbocycles. The largest absolute Gasteiger partial charge is 0.492 e. The summed E-state index contributed by atoms with van der Waals surface area (Å²) < 4.78 is 11.0. The third-order valence-corrected chi connectivity index (χ3v) is 3.13. The van der Waals surface area contributed by atoms with Gasteiger partial charge in [0.15, 0.2) is 6.10 Å². The predicted molar refractivity (Wildman–Crippen MR) is 86.5 cm³/mol. The van der Waals surface area contributed by atoms with Crippen LogP contribution in [-0.2, 0) is 4.79 Å². The number of benzene rings is 2. The molecule has 0 aliphatic heterocycles. The second-order valence-electron chi connectivity index (χ2n) is 4.67. The molecule has 0 spiro atoms. The van der Waals surface area contributed by atoms with Crippen molar-refractivity contribution in [2.45, 2.75) is 13.0 Å². The molecule has 1 N–H and O–H groups in total. The van der Waals surface area contributed by atoms with Gasteiger partial charge in [-0.25, -0.2) is 0 Å². The maximum atomic E-state index is 11.9. The molecule has 0 saturated heterocycles. The van der Waals surface area contributed by atoms with Gasteiger partial charge in [0, 0.05) is 5.02 Å². The molecule has 0 heterocycles. The molecule has 0 bridgehead atoms. The van der Waals surface area contributed by atoms with Crippen LogP contribution in [0.5, 0.6) is 11.5 Å². The summed E-state index contributed by atoms with van der Waals surface area (Å²) in [5.74, 6) is 1.15. The zero-order valence-corrected chi connectivity index (χ0v) is 13.0. The van der Waals surface area contributed by atoms with Crippen LogP contribution in [0.4, 0.5) is 0 Å². The summed E-state index contributed by atoms with van der Waals surface area (Å²) in [6, 6.07) is 16.4. The van der Waals surface area contributed by atoms with Crippen LogP contribution >= 0.6 is 11.6 Å². The lowest BCUT2D eigenvalue weighted by Crippen LogP contribution is -2.38. The molecule has 0 aromatic heterocycles. The van der Waals surface area contributed by atoms with E-state index in [0.29, 0.717) is 23.9 Å². The number of carbonyl (C=O) groups excluding carboxylic acids is 1. The van der Waals surface area contributed by atoms with Crippen LogP contribution in [0, 0.1) is 0 Å². The van der Waals surface area contributed by atoms with Crippen LogP contribution in [0.1, 0.15) is 6.92 Å². The Kier molecular flexibility index (Phi) is 6.10. The quantitative estimate of drug-likeness (QED) is 0.797. The van der Waals surface area contributed by atoms with Gasteiger partial charge in [0.05, 0.1) is 6.54 Å². The number of hydrogen-bond acceptors (Lipinski definition) is 3. The minimum absolute atomic E-state index is 0.198. The average molecular weight is 320 g/mol. The van der Waals surface area contributed by atoms with Gasteiger partial charge in [-0.3, -0.25) is 4.79 Å². The van der Waals surface area contributed by atoms with E-state index >= 15 is 0 Å². The van der Waals surface area contributed by atoms with E-state index in [1.54, 1.807) is 31.2 Å². The van der Waals surface area contributed by atoms with Gasteiger partial charge < -0.3 is 14.8 Å². The van der Waals surface area contributed by atoms with Crippen LogP contribution in [0.25, 0.3) is 0 Å². The predicted octanol–water partition coefficient (Wildman–Crippen LogP) is 3.30. The van der Waals surface area contributed by atoms with Gasteiger partial charge in [-0.2, -0.15) is 0 Å². The van der Waals surface area contributed by atoms with Crippen LogP contribution < -0.4 is 14.8 Å². The number of hydrogen-bond donors (Lipinski definition) is 1. The zero-order valence-electron chi connectivity index (χ0n) is 12.3. The van der Waals surface area contributed by atoms with Crippen molar-refractivity contribution in [3.05, 3.63) is 59.6 Å². The Balaban J connectivity index is 1.70. The molecular formula is C17H18ClNO3. The highest BCUT2D eigenvalue weighted by molar-refractivity contribution is 6.30. The first-order valence-corrected chi connectivity index (χ1v) is 7.41. The lowest BCUT2D eigenvalue weighted by Gasteiger charge is -2.15. The molecule has 2 rings (SSSR count). The summed E-state index contributed by atoms with van der Waals surface area (Å²) in [7, 11) is 0. The average Bonchev–Trinajstić information content (AvgIpc) is 2.52. The van der Waals surface area contributed by atoms with E-state index in [0.717, 1.165) is 5.75 Å². The van der Waals surface area contributed by atoms with E-state index in [1.165, 1.54) is 0 Å². The Morgan fingerprint density at radius 2 is 1.86 bits per heavy atom. The highest BCUT2D eigenvalue weighted by Crippen LogP contribution is 2.18. The van der Waals surface area contributed by atoms with Gasteiger partial charge in [-0.15, -0.1) is 0 Å². The highest BCUT2D eigenvalue weighted by Gasteiger charge is 2.14. The Bertz CT molecular complexity index is 604. The van der Waals surface area contributed by atoms with Crippen LogP contribution in [0.15, 0.2) is 54.6 Å². The first kappa shape index (κ1) is 16.2. The van der Waals surface area contributed by atoms with Gasteiger partial charge >= 0.3 is 0 Å². The Morgan fingerprint density at radius 1 is 1.14 bits per heavy atom. The number of amides is 1. The summed E-state index contributed by atoms with van der Waals surface area (Å²) in [6.45, 7) is 2.50. The molecule has 2 aromatic rings. The topological polar surface area (TPSA) is 47.6 Å². The third-order valence-electron chi connectivity index (χ3n) is 2.89.